The molecule has 0 aliphatic rings. The van der Waals surface area contributed by atoms with Crippen molar-refractivity contribution < 1.29 is 4.79 Å². The summed E-state index contributed by atoms with van der Waals surface area (Å²) in [7, 11) is 0. The van der Waals surface area contributed by atoms with Gasteiger partial charge in [-0.1, -0.05) is 11.8 Å². The number of carbonyl (C=O) groups is 1. The van der Waals surface area contributed by atoms with Gasteiger partial charge >= 0.3 is 0 Å². The largest absolute Gasteiger partial charge is 0.347 e. The van der Waals surface area contributed by atoms with Crippen LogP contribution in [0.15, 0.2) is 36.0 Å². The predicted octanol–water partition coefficient (Wildman–Crippen LogP) is 1.38. The van der Waals surface area contributed by atoms with Crippen LogP contribution in [-0.4, -0.2) is 17.4 Å². The lowest BCUT2D eigenvalue weighted by Gasteiger charge is -2.03. The Morgan fingerprint density at radius 2 is 2.16 bits per heavy atom. The molecule has 4 nitrogen and oxygen atoms in total. The van der Waals surface area contributed by atoms with Gasteiger partial charge in [0.05, 0.1) is 18.6 Å². The molecule has 0 aliphatic heterocycles. The summed E-state index contributed by atoms with van der Waals surface area (Å²) < 4.78 is 0. The first-order valence-electron chi connectivity index (χ1n) is 5.74. The van der Waals surface area contributed by atoms with Gasteiger partial charge in [0.2, 0.25) is 0 Å². The molecule has 3 N–H and O–H groups in total. The lowest BCUT2D eigenvalue weighted by atomic mass is 10.1. The van der Waals surface area contributed by atoms with Crippen molar-refractivity contribution in [3.05, 3.63) is 52.0 Å². The first-order valence-corrected chi connectivity index (χ1v) is 6.62. The molecule has 0 unspecified atom stereocenters. The van der Waals surface area contributed by atoms with Gasteiger partial charge in [0, 0.05) is 22.2 Å². The predicted molar refractivity (Wildman–Crippen MR) is 75.7 cm³/mol. The molecule has 1 aromatic carbocycles. The minimum Gasteiger partial charge on any atom is -0.347 e. The van der Waals surface area contributed by atoms with Crippen LogP contribution in [0, 0.1) is 11.8 Å². The van der Waals surface area contributed by atoms with Crippen molar-refractivity contribution in [3.63, 3.8) is 0 Å². The molecule has 1 aromatic heterocycles. The summed E-state index contributed by atoms with van der Waals surface area (Å²) in [6, 6.07) is 7.12. The molecule has 0 spiro atoms. The minimum atomic E-state index is -0.105. The van der Waals surface area contributed by atoms with E-state index >= 15 is 0 Å². The van der Waals surface area contributed by atoms with Crippen LogP contribution in [0.5, 0.6) is 0 Å². The van der Waals surface area contributed by atoms with E-state index in [9.17, 15) is 4.79 Å². The number of nitrogens with two attached hydrogens (primary N) is 1. The SMILES string of the molecule is NCC#Cc1ccc(C(=O)NCc2cncs2)cc1. The zero-order valence-electron chi connectivity index (χ0n) is 10.2. The summed E-state index contributed by atoms with van der Waals surface area (Å²) in [5, 5.41) is 2.84. The van der Waals surface area contributed by atoms with Gasteiger partial charge in [-0.25, -0.2) is 0 Å². The van der Waals surface area contributed by atoms with Gasteiger partial charge in [0.25, 0.3) is 5.91 Å². The molecule has 0 radical (unpaired) electrons. The maximum absolute atomic E-state index is 11.9. The van der Waals surface area contributed by atoms with Crippen molar-refractivity contribution in [3.8, 4) is 11.8 Å². The monoisotopic (exact) mass is 271 g/mol. The molecule has 1 heterocycles. The van der Waals surface area contributed by atoms with Gasteiger partial charge < -0.3 is 11.1 Å². The number of hydrogen-bond acceptors (Lipinski definition) is 4. The van der Waals surface area contributed by atoms with E-state index in [2.05, 4.69) is 22.1 Å². The molecule has 5 heteroatoms. The van der Waals surface area contributed by atoms with E-state index in [0.717, 1.165) is 10.4 Å². The van der Waals surface area contributed by atoms with Crippen LogP contribution >= 0.6 is 11.3 Å². The Kier molecular flexibility index (Phi) is 4.67. The average Bonchev–Trinajstić information content (AvgIpc) is 2.96. The van der Waals surface area contributed by atoms with Crippen molar-refractivity contribution in [2.45, 2.75) is 6.54 Å². The Morgan fingerprint density at radius 1 is 1.37 bits per heavy atom. The fourth-order valence-corrected chi connectivity index (χ4v) is 1.99. The molecule has 0 bridgehead atoms. The standard InChI is InChI=1S/C14H13N3OS/c15-7-1-2-11-3-5-12(6-4-11)14(18)17-9-13-8-16-10-19-13/h3-6,8,10H,7,9,15H2,(H,17,18). The first kappa shape index (κ1) is 13.3. The topological polar surface area (TPSA) is 68.0 Å². The van der Waals surface area contributed by atoms with E-state index in [-0.39, 0.29) is 5.91 Å². The second-order valence-corrected chi connectivity index (χ2v) is 4.70. The molecule has 0 saturated heterocycles. The number of aromatic nitrogens is 1. The van der Waals surface area contributed by atoms with Crippen molar-refractivity contribution >= 4 is 17.2 Å². The van der Waals surface area contributed by atoms with Crippen LogP contribution in [0.1, 0.15) is 20.8 Å². The lowest BCUT2D eigenvalue weighted by molar-refractivity contribution is 0.0951. The number of thiazole rings is 1. The number of benzene rings is 1. The van der Waals surface area contributed by atoms with Gasteiger partial charge in [-0.2, -0.15) is 0 Å². The van der Waals surface area contributed by atoms with Crippen LogP contribution in [0.3, 0.4) is 0 Å². The van der Waals surface area contributed by atoms with Gasteiger partial charge in [0.1, 0.15) is 0 Å². The van der Waals surface area contributed by atoms with Crippen molar-refractivity contribution in [1.82, 2.24) is 10.3 Å². The quantitative estimate of drug-likeness (QED) is 0.829. The second-order valence-electron chi connectivity index (χ2n) is 3.73. The summed E-state index contributed by atoms with van der Waals surface area (Å²) in [6.07, 6.45) is 1.75. The lowest BCUT2D eigenvalue weighted by Crippen LogP contribution is -2.22. The van der Waals surface area contributed by atoms with Gasteiger partial charge in [-0.15, -0.1) is 11.3 Å². The zero-order chi connectivity index (χ0) is 13.5. The van der Waals surface area contributed by atoms with Gasteiger partial charge in [0.15, 0.2) is 0 Å². The Balaban J connectivity index is 1.95. The van der Waals surface area contributed by atoms with Crippen LogP contribution in [0.4, 0.5) is 0 Å². The van der Waals surface area contributed by atoms with E-state index in [1.807, 2.05) is 12.1 Å². The molecule has 19 heavy (non-hydrogen) atoms. The third-order valence-corrected chi connectivity index (χ3v) is 3.17. The number of nitrogens with zero attached hydrogens (tertiary/aromatic N) is 1. The number of rotatable bonds is 3. The van der Waals surface area contributed by atoms with Gasteiger partial charge in [-0.05, 0) is 24.3 Å². The smallest absolute Gasteiger partial charge is 0.251 e. The molecule has 1 amide bonds. The zero-order valence-corrected chi connectivity index (χ0v) is 11.0. The Morgan fingerprint density at radius 3 is 2.79 bits per heavy atom. The number of amides is 1. The minimum absolute atomic E-state index is 0.105. The molecule has 96 valence electrons. The van der Waals surface area contributed by atoms with Crippen LogP contribution in [0.25, 0.3) is 0 Å². The summed E-state index contributed by atoms with van der Waals surface area (Å²) in [5.41, 5.74) is 8.51. The summed E-state index contributed by atoms with van der Waals surface area (Å²) in [6.45, 7) is 0.829. The Labute approximate surface area is 115 Å². The fourth-order valence-electron chi connectivity index (χ4n) is 1.46. The maximum Gasteiger partial charge on any atom is 0.251 e. The third-order valence-electron chi connectivity index (χ3n) is 2.39. The van der Waals surface area contributed by atoms with Crippen molar-refractivity contribution in [2.24, 2.45) is 5.73 Å². The molecule has 2 aromatic rings. The van der Waals surface area contributed by atoms with Gasteiger partial charge in [-0.3, -0.25) is 9.78 Å². The summed E-state index contributed by atoms with van der Waals surface area (Å²) >= 11 is 1.52. The van der Waals surface area contributed by atoms with Crippen molar-refractivity contribution in [2.75, 3.05) is 6.54 Å². The average molecular weight is 271 g/mol. The Bertz CT molecular complexity index is 594. The molecular formula is C14H13N3OS. The second kappa shape index (κ2) is 6.69. The molecule has 0 saturated carbocycles. The molecule has 0 fully saturated rings. The van der Waals surface area contributed by atoms with E-state index in [1.165, 1.54) is 11.3 Å². The highest BCUT2D eigenvalue weighted by Gasteiger charge is 2.05. The highest BCUT2D eigenvalue weighted by molar-refractivity contribution is 7.09. The highest BCUT2D eigenvalue weighted by Crippen LogP contribution is 2.06. The molecule has 0 aliphatic carbocycles. The number of hydrogen-bond donors (Lipinski definition) is 2. The number of nitrogens with one attached hydrogen (secondary N) is 1. The van der Waals surface area contributed by atoms with E-state index in [1.54, 1.807) is 23.8 Å². The highest BCUT2D eigenvalue weighted by atomic mass is 32.1. The molecular weight excluding hydrogens is 258 g/mol. The van der Waals surface area contributed by atoms with Crippen LogP contribution in [-0.2, 0) is 6.54 Å². The number of carbonyl (C=O) groups excluding carboxylic acids is 1. The van der Waals surface area contributed by atoms with E-state index < -0.39 is 0 Å². The van der Waals surface area contributed by atoms with Crippen LogP contribution in [0.2, 0.25) is 0 Å². The third kappa shape index (κ3) is 3.91. The maximum atomic E-state index is 11.9. The van der Waals surface area contributed by atoms with E-state index in [0.29, 0.717) is 18.7 Å². The van der Waals surface area contributed by atoms with Crippen molar-refractivity contribution in [1.29, 1.82) is 0 Å². The summed E-state index contributed by atoms with van der Waals surface area (Å²) in [5.74, 6) is 5.58. The fraction of sp³-hybridized carbons (Fsp3) is 0.143. The normalized spacial score (nSPS) is 9.53. The molecule has 2 rings (SSSR count). The first-order chi connectivity index (χ1) is 9.29. The Hall–Kier alpha value is -2.16. The van der Waals surface area contributed by atoms with Crippen LogP contribution < -0.4 is 11.1 Å². The summed E-state index contributed by atoms with van der Waals surface area (Å²) in [4.78, 5) is 16.9. The van der Waals surface area contributed by atoms with E-state index in [4.69, 9.17) is 5.73 Å². The molecule has 0 atom stereocenters.